The van der Waals surface area contributed by atoms with E-state index in [0.717, 1.165) is 12.0 Å². The maximum atomic E-state index is 11.0. The van der Waals surface area contributed by atoms with E-state index in [1.165, 1.54) is 7.11 Å². The molecule has 0 aliphatic carbocycles. The van der Waals surface area contributed by atoms with Crippen molar-refractivity contribution in [2.24, 2.45) is 15.7 Å². The second-order valence-corrected chi connectivity index (χ2v) is 2.16. The maximum absolute atomic E-state index is 11.0. The Kier molecular flexibility index (Phi) is 2.65. The summed E-state index contributed by atoms with van der Waals surface area (Å²) in [5.74, 6) is -0.235. The number of aliphatic imine (C=N–C) groups is 2. The van der Waals surface area contributed by atoms with Gasteiger partial charge in [0.15, 0.2) is 0 Å². The van der Waals surface area contributed by atoms with Gasteiger partial charge in [-0.25, -0.2) is 9.59 Å². The molecular weight excluding hydrogens is 192 g/mol. The van der Waals surface area contributed by atoms with E-state index in [-0.39, 0.29) is 11.9 Å². The molecule has 2 amide bonds. The first-order chi connectivity index (χ1) is 6.60. The zero-order chi connectivity index (χ0) is 10.7. The lowest BCUT2D eigenvalue weighted by Crippen LogP contribution is -2.53. The van der Waals surface area contributed by atoms with Crippen LogP contribution >= 0.6 is 0 Å². The predicted molar refractivity (Wildman–Crippen MR) is 45.7 cm³/mol. The number of carbonyl (C=O) groups excluding carboxylic acids is 2. The van der Waals surface area contributed by atoms with E-state index in [2.05, 4.69) is 19.5 Å². The van der Waals surface area contributed by atoms with E-state index in [0.29, 0.717) is 0 Å². The Hall–Kier alpha value is -2.12. The monoisotopic (exact) mass is 200 g/mol. The number of ether oxygens (including phenoxy) is 2. The first-order valence-corrected chi connectivity index (χ1v) is 3.49. The molecule has 0 atom stereocenters. The van der Waals surface area contributed by atoms with Crippen LogP contribution in [0.1, 0.15) is 0 Å². The number of methoxy groups -OCH3 is 2. The van der Waals surface area contributed by atoms with Gasteiger partial charge in [0.1, 0.15) is 0 Å². The van der Waals surface area contributed by atoms with Crippen LogP contribution in [0.4, 0.5) is 9.59 Å². The number of hydrogen-bond donors (Lipinski definition) is 1. The molecule has 76 valence electrons. The molecule has 8 nitrogen and oxygen atoms in total. The summed E-state index contributed by atoms with van der Waals surface area (Å²) in [5.41, 5.74) is 5.25. The molecule has 1 heterocycles. The van der Waals surface area contributed by atoms with E-state index in [9.17, 15) is 9.59 Å². The summed E-state index contributed by atoms with van der Waals surface area (Å²) >= 11 is 0. The highest BCUT2D eigenvalue weighted by molar-refractivity contribution is 6.22. The minimum absolute atomic E-state index is 0.0838. The Labute approximate surface area is 79.0 Å². The van der Waals surface area contributed by atoms with Gasteiger partial charge in [-0.05, 0) is 0 Å². The van der Waals surface area contributed by atoms with Crippen LogP contribution in [0.15, 0.2) is 9.98 Å². The number of carbonyl (C=O) groups is 2. The lowest BCUT2D eigenvalue weighted by molar-refractivity contribution is 0.157. The molecule has 1 rings (SSSR count). The Morgan fingerprint density at radius 1 is 1.43 bits per heavy atom. The Morgan fingerprint density at radius 3 is 2.50 bits per heavy atom. The minimum Gasteiger partial charge on any atom is -0.452 e. The van der Waals surface area contributed by atoms with E-state index in [1.807, 2.05) is 0 Å². The Morgan fingerprint density at radius 2 is 2.07 bits per heavy atom. The molecule has 0 unspecified atom stereocenters. The topological polar surface area (TPSA) is 107 Å². The lowest BCUT2D eigenvalue weighted by atomic mass is 10.6. The highest BCUT2D eigenvalue weighted by Crippen LogP contribution is 2.07. The summed E-state index contributed by atoms with van der Waals surface area (Å²) < 4.78 is 8.60. The van der Waals surface area contributed by atoms with Gasteiger partial charge in [-0.3, -0.25) is 0 Å². The summed E-state index contributed by atoms with van der Waals surface area (Å²) in [6, 6.07) is 0. The quantitative estimate of drug-likeness (QED) is 0.567. The van der Waals surface area contributed by atoms with Crippen molar-refractivity contribution in [3.8, 4) is 0 Å². The molecule has 2 N–H and O–H groups in total. The Bertz CT molecular complexity index is 335. The van der Waals surface area contributed by atoms with Crippen LogP contribution in [-0.4, -0.2) is 43.2 Å². The second-order valence-electron chi connectivity index (χ2n) is 2.16. The predicted octanol–water partition coefficient (Wildman–Crippen LogP) is -0.494. The van der Waals surface area contributed by atoms with Crippen molar-refractivity contribution in [3.63, 3.8) is 0 Å². The molecule has 0 bridgehead atoms. The fourth-order valence-electron chi connectivity index (χ4n) is 0.729. The van der Waals surface area contributed by atoms with E-state index >= 15 is 0 Å². The van der Waals surface area contributed by atoms with Crippen LogP contribution < -0.4 is 5.73 Å². The largest absolute Gasteiger partial charge is 0.452 e. The van der Waals surface area contributed by atoms with E-state index in [1.54, 1.807) is 0 Å². The van der Waals surface area contributed by atoms with Crippen molar-refractivity contribution in [1.29, 1.82) is 0 Å². The molecule has 1 aliphatic heterocycles. The van der Waals surface area contributed by atoms with Crippen LogP contribution in [0.5, 0.6) is 0 Å². The summed E-state index contributed by atoms with van der Waals surface area (Å²) in [6.45, 7) is 0. The third-order valence-electron chi connectivity index (χ3n) is 1.37. The summed E-state index contributed by atoms with van der Waals surface area (Å²) in [7, 11) is 2.32. The highest BCUT2D eigenvalue weighted by Gasteiger charge is 2.33. The van der Waals surface area contributed by atoms with Crippen molar-refractivity contribution in [2.45, 2.75) is 0 Å². The molecule has 8 heteroatoms. The lowest BCUT2D eigenvalue weighted by Gasteiger charge is -2.25. The van der Waals surface area contributed by atoms with Crippen molar-refractivity contribution in [2.75, 3.05) is 14.2 Å². The Balaban J connectivity index is 2.80. The van der Waals surface area contributed by atoms with Gasteiger partial charge in [-0.15, -0.1) is 4.99 Å². The van der Waals surface area contributed by atoms with Crippen molar-refractivity contribution >= 4 is 24.1 Å². The molecule has 0 radical (unpaired) electrons. The average Bonchev–Trinajstić information content (AvgIpc) is 2.16. The number of amides is 2. The second kappa shape index (κ2) is 3.73. The molecule has 0 aromatic carbocycles. The molecule has 0 aromatic heterocycles. The van der Waals surface area contributed by atoms with Gasteiger partial charge in [0, 0.05) is 0 Å². The molecule has 0 fully saturated rings. The highest BCUT2D eigenvalue weighted by atomic mass is 16.5. The van der Waals surface area contributed by atoms with Gasteiger partial charge in [0.25, 0.3) is 5.96 Å². The molecule has 0 aromatic rings. The smallest absolute Gasteiger partial charge is 0.436 e. The van der Waals surface area contributed by atoms with Crippen LogP contribution in [0, 0.1) is 0 Å². The number of nitrogens with zero attached hydrogens (tertiary/aromatic N) is 3. The normalized spacial score (nSPS) is 17.1. The standard InChI is InChI=1S/C6H8N4O4/c1-13-5(11)9-4-8-3(7)10(4)6(12)14-2/h1-2H3,(H2,7,8,9,11). The summed E-state index contributed by atoms with van der Waals surface area (Å²) in [4.78, 5) is 29.4. The SMILES string of the molecule is COC(=O)/N=C1\N=C(N)N1C(=O)OC. The number of nitrogens with two attached hydrogens (primary N) is 1. The van der Waals surface area contributed by atoms with E-state index < -0.39 is 12.2 Å². The molecule has 0 spiro atoms. The van der Waals surface area contributed by atoms with Crippen LogP contribution in [0.2, 0.25) is 0 Å². The third-order valence-corrected chi connectivity index (χ3v) is 1.37. The molecule has 1 aliphatic rings. The maximum Gasteiger partial charge on any atom is 0.436 e. The summed E-state index contributed by atoms with van der Waals surface area (Å²) in [5, 5.41) is 0. The zero-order valence-corrected chi connectivity index (χ0v) is 7.55. The first-order valence-electron chi connectivity index (χ1n) is 3.49. The number of rotatable bonds is 0. The van der Waals surface area contributed by atoms with Gasteiger partial charge in [-0.2, -0.15) is 9.89 Å². The minimum atomic E-state index is -0.870. The van der Waals surface area contributed by atoms with Gasteiger partial charge >= 0.3 is 12.2 Å². The number of hydrogen-bond acceptors (Lipinski definition) is 5. The van der Waals surface area contributed by atoms with Gasteiger partial charge in [0.05, 0.1) is 14.2 Å². The molecular formula is C6H8N4O4. The fraction of sp³-hybridized carbons (Fsp3) is 0.333. The third kappa shape index (κ3) is 1.63. The molecule has 14 heavy (non-hydrogen) atoms. The fourth-order valence-corrected chi connectivity index (χ4v) is 0.729. The number of guanidine groups is 2. The average molecular weight is 200 g/mol. The summed E-state index contributed by atoms with van der Waals surface area (Å²) in [6.07, 6.45) is -1.63. The van der Waals surface area contributed by atoms with Crippen molar-refractivity contribution < 1.29 is 19.1 Å². The van der Waals surface area contributed by atoms with Gasteiger partial charge in [-0.1, -0.05) is 0 Å². The van der Waals surface area contributed by atoms with E-state index in [4.69, 9.17) is 5.73 Å². The molecule has 0 saturated carbocycles. The van der Waals surface area contributed by atoms with Crippen LogP contribution in [0.3, 0.4) is 0 Å². The zero-order valence-electron chi connectivity index (χ0n) is 7.55. The first kappa shape index (κ1) is 9.96. The van der Waals surface area contributed by atoms with Gasteiger partial charge < -0.3 is 15.2 Å². The van der Waals surface area contributed by atoms with Crippen LogP contribution in [0.25, 0.3) is 0 Å². The van der Waals surface area contributed by atoms with Crippen molar-refractivity contribution in [1.82, 2.24) is 4.90 Å². The molecule has 0 saturated heterocycles. The van der Waals surface area contributed by atoms with Crippen LogP contribution in [-0.2, 0) is 9.47 Å². The van der Waals surface area contributed by atoms with Crippen molar-refractivity contribution in [3.05, 3.63) is 0 Å². The van der Waals surface area contributed by atoms with Gasteiger partial charge in [0.2, 0.25) is 5.96 Å².